The summed E-state index contributed by atoms with van der Waals surface area (Å²) in [7, 11) is 2.10. The summed E-state index contributed by atoms with van der Waals surface area (Å²) < 4.78 is 1.87. The number of anilines is 1. The summed E-state index contributed by atoms with van der Waals surface area (Å²) in [5, 5.41) is 13.5. The number of thioether (sulfide) groups is 1. The lowest BCUT2D eigenvalue weighted by molar-refractivity contribution is -0.125. The van der Waals surface area contributed by atoms with Gasteiger partial charge in [0.1, 0.15) is 17.8 Å². The van der Waals surface area contributed by atoms with Crippen molar-refractivity contribution in [3.63, 3.8) is 0 Å². The van der Waals surface area contributed by atoms with Crippen LogP contribution in [-0.4, -0.2) is 79.6 Å². The molecule has 6 rings (SSSR count). The van der Waals surface area contributed by atoms with E-state index in [1.54, 1.807) is 24.4 Å². The molecule has 1 saturated carbocycles. The van der Waals surface area contributed by atoms with Crippen LogP contribution in [0, 0.1) is 0 Å². The number of nitrogens with two attached hydrogens (primary N) is 1. The van der Waals surface area contributed by atoms with Gasteiger partial charge in [-0.1, -0.05) is 30.0 Å². The van der Waals surface area contributed by atoms with Crippen LogP contribution in [-0.2, 0) is 4.79 Å². The summed E-state index contributed by atoms with van der Waals surface area (Å²) in [4.78, 5) is 38.3. The van der Waals surface area contributed by atoms with E-state index in [-0.39, 0.29) is 23.4 Å². The topological polar surface area (TPSA) is 134 Å². The van der Waals surface area contributed by atoms with E-state index in [0.717, 1.165) is 18.5 Å². The summed E-state index contributed by atoms with van der Waals surface area (Å²) in [6.07, 6.45) is 10.1. The summed E-state index contributed by atoms with van der Waals surface area (Å²) in [5.41, 5.74) is 8.76. The van der Waals surface area contributed by atoms with E-state index in [1.165, 1.54) is 30.9 Å². The average molecular weight is 546 g/mol. The highest BCUT2D eigenvalue weighted by atomic mass is 32.2. The number of aromatic nitrogens is 4. The molecule has 3 aromatic rings. The molecule has 12 heteroatoms. The normalized spacial score (nSPS) is 20.8. The summed E-state index contributed by atoms with van der Waals surface area (Å²) in [6, 6.07) is 7.88. The molecule has 39 heavy (non-hydrogen) atoms. The molecule has 2 atom stereocenters. The van der Waals surface area contributed by atoms with Crippen LogP contribution in [0.3, 0.4) is 0 Å². The highest BCUT2D eigenvalue weighted by molar-refractivity contribution is 8.02. The average Bonchev–Trinajstić information content (AvgIpc) is 3.29. The molecule has 2 fully saturated rings. The zero-order chi connectivity index (χ0) is 26.9. The zero-order valence-corrected chi connectivity index (χ0v) is 22.5. The quantitative estimate of drug-likeness (QED) is 0.365. The number of nitrogens with zero attached hydrogens (tertiary/aromatic N) is 6. The number of carbonyl (C=O) groups is 2. The Labute approximate surface area is 230 Å². The van der Waals surface area contributed by atoms with Gasteiger partial charge in [0.25, 0.3) is 5.91 Å². The van der Waals surface area contributed by atoms with Crippen molar-refractivity contribution in [3.8, 4) is 11.3 Å². The molecule has 11 nitrogen and oxygen atoms in total. The van der Waals surface area contributed by atoms with E-state index in [2.05, 4.69) is 32.5 Å². The minimum Gasteiger partial charge on any atom is -0.383 e. The first-order chi connectivity index (χ1) is 19.0. The smallest absolute Gasteiger partial charge is 0.253 e. The molecule has 0 radical (unpaired) electrons. The Balaban J connectivity index is 1.19. The van der Waals surface area contributed by atoms with Gasteiger partial charge in [-0.05, 0) is 43.9 Å². The summed E-state index contributed by atoms with van der Waals surface area (Å²) in [6.45, 7) is 1.98. The van der Waals surface area contributed by atoms with Crippen LogP contribution in [0.4, 0.5) is 5.82 Å². The predicted molar refractivity (Wildman–Crippen MR) is 151 cm³/mol. The summed E-state index contributed by atoms with van der Waals surface area (Å²) >= 11 is 1.50. The number of benzene rings is 1. The third-order valence-electron chi connectivity index (χ3n) is 7.38. The van der Waals surface area contributed by atoms with Crippen molar-refractivity contribution in [2.75, 3.05) is 32.4 Å². The van der Waals surface area contributed by atoms with Gasteiger partial charge in [-0.15, -0.1) is 0 Å². The molecule has 0 spiro atoms. The number of nitrogens with one attached hydrogen (secondary N) is 2. The van der Waals surface area contributed by atoms with Gasteiger partial charge in [0.15, 0.2) is 11.1 Å². The van der Waals surface area contributed by atoms with E-state index in [0.29, 0.717) is 47.2 Å². The van der Waals surface area contributed by atoms with Crippen LogP contribution in [0.2, 0.25) is 0 Å². The molecule has 2 aromatic heterocycles. The minimum atomic E-state index is -0.175. The third-order valence-corrected chi connectivity index (χ3v) is 8.20. The largest absolute Gasteiger partial charge is 0.383 e. The van der Waals surface area contributed by atoms with Crippen molar-refractivity contribution < 1.29 is 9.59 Å². The lowest BCUT2D eigenvalue weighted by atomic mass is 10.1. The second-order valence-electron chi connectivity index (χ2n) is 10.1. The second kappa shape index (κ2) is 10.7. The van der Waals surface area contributed by atoms with Gasteiger partial charge in [0.05, 0.1) is 11.4 Å². The van der Waals surface area contributed by atoms with E-state index >= 15 is 0 Å². The number of hydrogen-bond acceptors (Lipinski definition) is 9. The maximum Gasteiger partial charge on any atom is 0.253 e. The highest BCUT2D eigenvalue weighted by Gasteiger charge is 2.30. The number of hydrogen-bond donors (Lipinski definition) is 3. The molecule has 202 valence electrons. The van der Waals surface area contributed by atoms with Crippen LogP contribution in [0.1, 0.15) is 35.7 Å². The molecule has 1 aromatic carbocycles. The number of rotatable bonds is 8. The van der Waals surface area contributed by atoms with Gasteiger partial charge >= 0.3 is 0 Å². The first kappa shape index (κ1) is 25.4. The first-order valence-electron chi connectivity index (χ1n) is 13.1. The van der Waals surface area contributed by atoms with Crippen molar-refractivity contribution in [2.45, 2.75) is 36.8 Å². The maximum absolute atomic E-state index is 12.8. The van der Waals surface area contributed by atoms with Crippen LogP contribution in [0.5, 0.6) is 0 Å². The molecule has 2 aliphatic heterocycles. The van der Waals surface area contributed by atoms with Crippen LogP contribution < -0.4 is 16.4 Å². The van der Waals surface area contributed by atoms with Gasteiger partial charge in [0.2, 0.25) is 5.91 Å². The van der Waals surface area contributed by atoms with Crippen LogP contribution in [0.15, 0.2) is 54.4 Å². The molecular weight excluding hydrogens is 514 g/mol. The molecule has 1 aliphatic carbocycles. The Morgan fingerprint density at radius 2 is 2.05 bits per heavy atom. The molecule has 1 saturated heterocycles. The number of likely N-dealkylation sites (N-methyl/N-ethyl adjacent to an activating group) is 1. The Kier molecular flexibility index (Phi) is 6.96. The highest BCUT2D eigenvalue weighted by Crippen LogP contribution is 2.34. The number of nitrogen functional groups attached to an aromatic ring is 1. The van der Waals surface area contributed by atoms with Gasteiger partial charge in [-0.2, -0.15) is 5.10 Å². The number of likely N-dealkylation sites (tertiary alicyclic amines) is 1. The standard InChI is InChI=1S/C27H31N9O2S/c1-34(19-8-9-19)12-2-3-21(37)35-13-10-20(15-35)36-25-22(24(28)30-16-31-25)23(33-36)17-4-6-18(7-5-17)26(38)32-27-29-11-14-39-27/h2-7,11,14,16,19-20,27,29H,8-10,12-13,15H2,1H3,(H,32,38)(H2,28,30,31)/b3-2+/t20-,27?/m1/s1. The van der Waals surface area contributed by atoms with E-state index < -0.39 is 0 Å². The molecule has 0 bridgehead atoms. The minimum absolute atomic E-state index is 0.0170. The molecule has 3 aliphatic rings. The maximum atomic E-state index is 12.8. The SMILES string of the molecule is CN(C/C=C/C(=O)N1CC[C@@H](n2nc(-c3ccc(C(=O)NC4NC=CS4)cc3)c3c(N)ncnc32)C1)C1CC1. The predicted octanol–water partition coefficient (Wildman–Crippen LogP) is 2.32. The zero-order valence-electron chi connectivity index (χ0n) is 21.7. The molecule has 1 unspecified atom stereocenters. The fourth-order valence-corrected chi connectivity index (χ4v) is 5.67. The van der Waals surface area contributed by atoms with E-state index in [1.807, 2.05) is 33.2 Å². The number of fused-ring (bicyclic) bond motifs is 1. The van der Waals surface area contributed by atoms with Crippen LogP contribution >= 0.6 is 11.8 Å². The first-order valence-corrected chi connectivity index (χ1v) is 14.0. The Morgan fingerprint density at radius 1 is 1.23 bits per heavy atom. The van der Waals surface area contributed by atoms with Crippen molar-refractivity contribution in [2.24, 2.45) is 0 Å². The molecular formula is C27H31N9O2S. The molecule has 4 N–H and O–H groups in total. The van der Waals surface area contributed by atoms with Gasteiger partial charge in [-0.25, -0.2) is 14.6 Å². The number of carbonyl (C=O) groups excluding carboxylic acids is 2. The van der Waals surface area contributed by atoms with Gasteiger partial charge in [-0.3, -0.25) is 14.5 Å². The lowest BCUT2D eigenvalue weighted by Gasteiger charge is -2.16. The second-order valence-corrected chi connectivity index (χ2v) is 11.1. The Bertz CT molecular complexity index is 1440. The number of amides is 2. The molecule has 4 heterocycles. The van der Waals surface area contributed by atoms with Crippen LogP contribution in [0.25, 0.3) is 22.3 Å². The van der Waals surface area contributed by atoms with E-state index in [4.69, 9.17) is 10.8 Å². The van der Waals surface area contributed by atoms with E-state index in [9.17, 15) is 9.59 Å². The van der Waals surface area contributed by atoms with Crippen molar-refractivity contribution >= 4 is 40.4 Å². The van der Waals surface area contributed by atoms with Gasteiger partial charge in [0, 0.05) is 49.1 Å². The van der Waals surface area contributed by atoms with Gasteiger partial charge < -0.3 is 21.3 Å². The monoisotopic (exact) mass is 545 g/mol. The molecule has 2 amide bonds. The lowest BCUT2D eigenvalue weighted by Crippen LogP contribution is -2.38. The van der Waals surface area contributed by atoms with Crippen molar-refractivity contribution in [1.29, 1.82) is 0 Å². The Hall–Kier alpha value is -3.90. The fourth-order valence-electron chi connectivity index (χ4n) is 5.02. The van der Waals surface area contributed by atoms with Crippen molar-refractivity contribution in [3.05, 3.63) is 59.9 Å². The van der Waals surface area contributed by atoms with Crippen molar-refractivity contribution in [1.82, 2.24) is 40.2 Å². The summed E-state index contributed by atoms with van der Waals surface area (Å²) in [5.74, 6) is 0.189. The third kappa shape index (κ3) is 5.34. The Morgan fingerprint density at radius 3 is 2.79 bits per heavy atom. The fraction of sp³-hybridized carbons (Fsp3) is 0.370.